The summed E-state index contributed by atoms with van der Waals surface area (Å²) >= 11 is 0. The standard InChI is InChI=1S/C15H12N2O2/c18-15-13(12-3-1-2-4-14(12)16-15)9-10-5-7-11(17-19)8-6-10/h1-9,17,19H,(H,16,18)/p+1/b13-9+. The number of nitrogens with two attached hydrogens (primary N) is 1. The number of carbonyl (C=O) groups excluding carboxylic acids is 1. The van der Waals surface area contributed by atoms with Crippen molar-refractivity contribution in [2.45, 2.75) is 0 Å². The highest BCUT2D eigenvalue weighted by Gasteiger charge is 2.23. The zero-order chi connectivity index (χ0) is 13.2. The Labute approximate surface area is 110 Å². The van der Waals surface area contributed by atoms with Crippen LogP contribution in [0.15, 0.2) is 48.5 Å². The van der Waals surface area contributed by atoms with E-state index in [1.165, 1.54) is 0 Å². The Hall–Kier alpha value is -2.43. The van der Waals surface area contributed by atoms with E-state index in [1.807, 2.05) is 42.5 Å². The molecule has 0 atom stereocenters. The topological polar surface area (TPSA) is 65.9 Å². The summed E-state index contributed by atoms with van der Waals surface area (Å²) in [4.78, 5) is 11.9. The van der Waals surface area contributed by atoms with E-state index in [0.717, 1.165) is 28.0 Å². The molecule has 2 aromatic rings. The van der Waals surface area contributed by atoms with Gasteiger partial charge >= 0.3 is 0 Å². The summed E-state index contributed by atoms with van der Waals surface area (Å²) in [6.45, 7) is 0. The lowest BCUT2D eigenvalue weighted by Crippen LogP contribution is -2.73. The van der Waals surface area contributed by atoms with Crippen LogP contribution in [0, 0.1) is 0 Å². The zero-order valence-electron chi connectivity index (χ0n) is 10.1. The molecule has 1 heterocycles. The van der Waals surface area contributed by atoms with Gasteiger partial charge in [0.1, 0.15) is 0 Å². The van der Waals surface area contributed by atoms with Crippen molar-refractivity contribution < 1.29 is 15.5 Å². The lowest BCUT2D eigenvalue weighted by Gasteiger charge is -1.98. The molecule has 4 N–H and O–H groups in total. The van der Waals surface area contributed by atoms with E-state index in [4.69, 9.17) is 5.21 Å². The summed E-state index contributed by atoms with van der Waals surface area (Å²) < 4.78 is 0. The van der Waals surface area contributed by atoms with Crippen molar-refractivity contribution in [3.05, 3.63) is 59.7 Å². The lowest BCUT2D eigenvalue weighted by molar-refractivity contribution is -0.825. The van der Waals surface area contributed by atoms with Crippen LogP contribution in [0.5, 0.6) is 0 Å². The molecule has 4 heteroatoms. The molecule has 0 unspecified atom stereocenters. The molecule has 19 heavy (non-hydrogen) atoms. The monoisotopic (exact) mass is 253 g/mol. The van der Waals surface area contributed by atoms with Crippen LogP contribution in [-0.4, -0.2) is 11.1 Å². The number of benzene rings is 2. The van der Waals surface area contributed by atoms with Crippen molar-refractivity contribution in [3.8, 4) is 0 Å². The van der Waals surface area contributed by atoms with Gasteiger partial charge in [-0.05, 0) is 29.8 Å². The first-order valence-electron chi connectivity index (χ1n) is 5.98. The second-order valence-corrected chi connectivity index (χ2v) is 4.35. The van der Waals surface area contributed by atoms with Crippen LogP contribution in [0.1, 0.15) is 11.1 Å². The van der Waals surface area contributed by atoms with Crippen LogP contribution in [0.25, 0.3) is 11.6 Å². The highest BCUT2D eigenvalue weighted by molar-refractivity contribution is 6.34. The van der Waals surface area contributed by atoms with Gasteiger partial charge in [-0.1, -0.05) is 18.2 Å². The summed E-state index contributed by atoms with van der Waals surface area (Å²) in [6.07, 6.45) is 1.85. The predicted octanol–water partition coefficient (Wildman–Crippen LogP) is 1.76. The molecule has 0 saturated carbocycles. The van der Waals surface area contributed by atoms with Crippen LogP contribution in [0.4, 0.5) is 11.4 Å². The fourth-order valence-corrected chi connectivity index (χ4v) is 2.13. The number of hydrogen-bond donors (Lipinski definition) is 3. The number of carbonyl (C=O) groups is 1. The molecule has 0 bridgehead atoms. The first-order valence-corrected chi connectivity index (χ1v) is 5.98. The quantitative estimate of drug-likeness (QED) is 0.434. The third-order valence-electron chi connectivity index (χ3n) is 3.11. The molecular weight excluding hydrogens is 240 g/mol. The van der Waals surface area contributed by atoms with Crippen molar-refractivity contribution in [1.82, 2.24) is 0 Å². The first-order chi connectivity index (χ1) is 9.28. The Morgan fingerprint density at radius 2 is 1.79 bits per heavy atom. The average molecular weight is 253 g/mol. The minimum atomic E-state index is -0.0843. The van der Waals surface area contributed by atoms with Gasteiger partial charge in [-0.25, -0.2) is 5.21 Å². The maximum atomic E-state index is 11.9. The van der Waals surface area contributed by atoms with E-state index in [-0.39, 0.29) is 5.91 Å². The van der Waals surface area contributed by atoms with E-state index in [2.05, 4.69) is 5.32 Å². The van der Waals surface area contributed by atoms with E-state index < -0.39 is 0 Å². The van der Waals surface area contributed by atoms with Gasteiger partial charge in [-0.3, -0.25) is 4.79 Å². The molecule has 3 rings (SSSR count). The Kier molecular flexibility index (Phi) is 2.87. The number of para-hydroxylation sites is 1. The van der Waals surface area contributed by atoms with Gasteiger partial charge in [0.15, 0.2) is 5.69 Å². The van der Waals surface area contributed by atoms with Crippen molar-refractivity contribution in [1.29, 1.82) is 0 Å². The molecule has 0 radical (unpaired) electrons. The number of amides is 1. The minimum absolute atomic E-state index is 0.0843. The van der Waals surface area contributed by atoms with E-state index in [0.29, 0.717) is 5.57 Å². The molecule has 0 spiro atoms. The van der Waals surface area contributed by atoms with Crippen LogP contribution < -0.4 is 10.8 Å². The molecule has 1 amide bonds. The summed E-state index contributed by atoms with van der Waals surface area (Å²) in [5.41, 5.74) is 5.14. The van der Waals surface area contributed by atoms with Gasteiger partial charge in [0.25, 0.3) is 5.91 Å². The largest absolute Gasteiger partial charge is 0.321 e. The van der Waals surface area contributed by atoms with Crippen molar-refractivity contribution in [2.24, 2.45) is 0 Å². The molecule has 0 fully saturated rings. The zero-order valence-corrected chi connectivity index (χ0v) is 10.1. The molecule has 1 aliphatic heterocycles. The predicted molar refractivity (Wildman–Crippen MR) is 72.8 cm³/mol. The third kappa shape index (κ3) is 2.14. The van der Waals surface area contributed by atoms with Gasteiger partial charge in [0.05, 0.1) is 0 Å². The van der Waals surface area contributed by atoms with Gasteiger partial charge in [0, 0.05) is 29.0 Å². The fourth-order valence-electron chi connectivity index (χ4n) is 2.13. The van der Waals surface area contributed by atoms with Crippen LogP contribution in [0.2, 0.25) is 0 Å². The molecule has 94 valence electrons. The van der Waals surface area contributed by atoms with E-state index in [1.54, 1.807) is 12.1 Å². The van der Waals surface area contributed by atoms with Gasteiger partial charge in [-0.2, -0.15) is 5.48 Å². The first kappa shape index (κ1) is 11.6. The molecular formula is C15H13N2O2+. The van der Waals surface area contributed by atoms with Gasteiger partial charge in [-0.15, -0.1) is 0 Å². The van der Waals surface area contributed by atoms with Gasteiger partial charge in [0.2, 0.25) is 0 Å². The van der Waals surface area contributed by atoms with Crippen molar-refractivity contribution in [2.75, 3.05) is 5.32 Å². The Morgan fingerprint density at radius 3 is 2.53 bits per heavy atom. The minimum Gasteiger partial charge on any atom is -0.321 e. The second kappa shape index (κ2) is 4.68. The summed E-state index contributed by atoms with van der Waals surface area (Å²) in [5, 5.41) is 11.7. The third-order valence-corrected chi connectivity index (χ3v) is 3.11. The smallest absolute Gasteiger partial charge is 0.256 e. The highest BCUT2D eigenvalue weighted by atomic mass is 16.5. The molecule has 2 aromatic carbocycles. The van der Waals surface area contributed by atoms with E-state index >= 15 is 0 Å². The number of nitrogens with one attached hydrogen (secondary N) is 1. The van der Waals surface area contributed by atoms with Crippen LogP contribution in [-0.2, 0) is 4.79 Å². The molecule has 0 saturated heterocycles. The number of quaternary nitrogens is 1. The number of fused-ring (bicyclic) bond motifs is 1. The molecule has 4 nitrogen and oxygen atoms in total. The fraction of sp³-hybridized carbons (Fsp3) is 0. The maximum Gasteiger partial charge on any atom is 0.256 e. The molecule has 0 aromatic heterocycles. The van der Waals surface area contributed by atoms with Crippen LogP contribution in [0.3, 0.4) is 0 Å². The Morgan fingerprint density at radius 1 is 1.05 bits per heavy atom. The summed E-state index contributed by atoms with van der Waals surface area (Å²) in [7, 11) is 0. The SMILES string of the molecule is O=C1Nc2ccccc2/C1=C\c1ccc([NH2+]O)cc1. The molecule has 1 aliphatic rings. The number of rotatable bonds is 2. The maximum absolute atomic E-state index is 11.9. The Balaban J connectivity index is 2.01. The summed E-state index contributed by atoms with van der Waals surface area (Å²) in [5.74, 6) is -0.0843. The molecule has 0 aliphatic carbocycles. The van der Waals surface area contributed by atoms with Crippen LogP contribution >= 0.6 is 0 Å². The van der Waals surface area contributed by atoms with Crippen molar-refractivity contribution >= 4 is 28.9 Å². The number of anilines is 1. The van der Waals surface area contributed by atoms with Crippen molar-refractivity contribution in [3.63, 3.8) is 0 Å². The second-order valence-electron chi connectivity index (χ2n) is 4.35. The normalized spacial score (nSPS) is 15.4. The lowest BCUT2D eigenvalue weighted by atomic mass is 10.0. The highest BCUT2D eigenvalue weighted by Crippen LogP contribution is 2.32. The van der Waals surface area contributed by atoms with Gasteiger partial charge < -0.3 is 5.32 Å². The van der Waals surface area contributed by atoms with E-state index in [9.17, 15) is 4.79 Å². The Bertz CT molecular complexity index is 660. The summed E-state index contributed by atoms with van der Waals surface area (Å²) in [6, 6.07) is 14.9. The number of hydrogen-bond acceptors (Lipinski definition) is 2. The average Bonchev–Trinajstić information content (AvgIpc) is 2.76.